The number of fused-ring (bicyclic) bond motifs is 2. The van der Waals surface area contributed by atoms with Gasteiger partial charge in [-0.1, -0.05) is 61.4 Å². The van der Waals surface area contributed by atoms with Crippen molar-refractivity contribution in [1.82, 2.24) is 10.2 Å². The largest absolute Gasteiger partial charge is 0.349 e. The number of nitrogens with zero attached hydrogens (tertiary/aromatic N) is 1. The standard InChI is InChI=1S/C29H30N2O2S/c32-28(30-24-16-7-10-19-9-1-4-13-21(19)24)26-22-14-5-6-15-23(22)29(33)31(20-11-2-3-12-20)27(26)25-17-8-18-34-25/h1,4-6,8-9,13-15,17-18,20,24,26-27H,2-3,7,10-12,16H2,(H,30,32). The maximum absolute atomic E-state index is 14.2. The molecule has 0 spiro atoms. The summed E-state index contributed by atoms with van der Waals surface area (Å²) < 4.78 is 0. The lowest BCUT2D eigenvalue weighted by molar-refractivity contribution is -0.125. The summed E-state index contributed by atoms with van der Waals surface area (Å²) in [6.07, 6.45) is 7.40. The summed E-state index contributed by atoms with van der Waals surface area (Å²) >= 11 is 1.65. The first-order valence-electron chi connectivity index (χ1n) is 12.6. The van der Waals surface area contributed by atoms with Crippen LogP contribution >= 0.6 is 11.3 Å². The second-order valence-electron chi connectivity index (χ2n) is 9.83. The van der Waals surface area contributed by atoms with Crippen molar-refractivity contribution < 1.29 is 9.59 Å². The van der Waals surface area contributed by atoms with E-state index in [9.17, 15) is 9.59 Å². The highest BCUT2D eigenvalue weighted by molar-refractivity contribution is 7.10. The van der Waals surface area contributed by atoms with Crippen molar-refractivity contribution in [3.63, 3.8) is 0 Å². The fourth-order valence-corrected chi connectivity index (χ4v) is 7.21. The summed E-state index contributed by atoms with van der Waals surface area (Å²) in [7, 11) is 0. The van der Waals surface area contributed by atoms with Gasteiger partial charge in [-0.3, -0.25) is 9.59 Å². The SMILES string of the molecule is O=C(NC1CCCc2ccccc21)C1c2ccccc2C(=O)N(C2CCCC2)C1c1cccs1. The molecule has 3 atom stereocenters. The highest BCUT2D eigenvalue weighted by atomic mass is 32.1. The van der Waals surface area contributed by atoms with E-state index in [1.807, 2.05) is 30.3 Å². The van der Waals surface area contributed by atoms with Gasteiger partial charge in [0.15, 0.2) is 0 Å². The van der Waals surface area contributed by atoms with Crippen LogP contribution in [0, 0.1) is 0 Å². The van der Waals surface area contributed by atoms with Crippen LogP contribution in [-0.4, -0.2) is 22.8 Å². The molecule has 1 saturated carbocycles. The molecule has 174 valence electrons. The molecule has 1 aromatic heterocycles. The Morgan fingerprint density at radius 1 is 0.882 bits per heavy atom. The number of rotatable bonds is 4. The van der Waals surface area contributed by atoms with Gasteiger partial charge in [0.2, 0.25) is 5.91 Å². The van der Waals surface area contributed by atoms with E-state index in [0.717, 1.165) is 55.4 Å². The third-order valence-corrected chi connectivity index (χ3v) is 8.84. The number of carbonyl (C=O) groups excluding carboxylic acids is 2. The van der Waals surface area contributed by atoms with Crippen LogP contribution < -0.4 is 5.32 Å². The molecule has 0 saturated heterocycles. The van der Waals surface area contributed by atoms with Crippen molar-refractivity contribution >= 4 is 23.2 Å². The van der Waals surface area contributed by atoms with Gasteiger partial charge in [0.25, 0.3) is 5.91 Å². The van der Waals surface area contributed by atoms with E-state index in [1.165, 1.54) is 11.1 Å². The summed E-state index contributed by atoms with van der Waals surface area (Å²) in [4.78, 5) is 31.2. The van der Waals surface area contributed by atoms with Crippen LogP contribution in [0.5, 0.6) is 0 Å². The lowest BCUT2D eigenvalue weighted by atomic mass is 9.79. The highest BCUT2D eigenvalue weighted by Gasteiger charge is 2.47. The zero-order valence-electron chi connectivity index (χ0n) is 19.3. The second kappa shape index (κ2) is 9.03. The smallest absolute Gasteiger partial charge is 0.254 e. The minimum atomic E-state index is -0.415. The number of nitrogens with one attached hydrogen (secondary N) is 1. The van der Waals surface area contributed by atoms with E-state index in [1.54, 1.807) is 11.3 Å². The van der Waals surface area contributed by atoms with Crippen molar-refractivity contribution in [3.8, 4) is 0 Å². The van der Waals surface area contributed by atoms with Gasteiger partial charge in [-0.15, -0.1) is 11.3 Å². The van der Waals surface area contributed by atoms with Crippen LogP contribution in [0.2, 0.25) is 0 Å². The molecule has 1 aliphatic heterocycles. The van der Waals surface area contributed by atoms with Crippen LogP contribution in [0.1, 0.15) is 88.5 Å². The molecule has 2 aromatic carbocycles. The lowest BCUT2D eigenvalue weighted by Gasteiger charge is -2.44. The van der Waals surface area contributed by atoms with E-state index >= 15 is 0 Å². The molecule has 1 fully saturated rings. The van der Waals surface area contributed by atoms with E-state index < -0.39 is 5.92 Å². The third-order valence-electron chi connectivity index (χ3n) is 7.90. The van der Waals surface area contributed by atoms with Crippen molar-refractivity contribution in [2.24, 2.45) is 0 Å². The van der Waals surface area contributed by atoms with Gasteiger partial charge in [-0.25, -0.2) is 0 Å². The average Bonchev–Trinajstić information content (AvgIpc) is 3.59. The van der Waals surface area contributed by atoms with Crippen LogP contribution in [0.4, 0.5) is 0 Å². The maximum atomic E-state index is 14.2. The summed E-state index contributed by atoms with van der Waals surface area (Å²) in [6, 6.07) is 20.3. The van der Waals surface area contributed by atoms with Gasteiger partial charge in [-0.05, 0) is 66.3 Å². The minimum Gasteiger partial charge on any atom is -0.349 e. The Kier molecular flexibility index (Phi) is 5.74. The molecule has 5 heteroatoms. The van der Waals surface area contributed by atoms with E-state index in [-0.39, 0.29) is 29.9 Å². The fourth-order valence-electron chi connectivity index (χ4n) is 6.35. The Morgan fingerprint density at radius 2 is 1.65 bits per heavy atom. The molecule has 0 bridgehead atoms. The zero-order chi connectivity index (χ0) is 23.1. The van der Waals surface area contributed by atoms with Crippen LogP contribution in [0.15, 0.2) is 66.0 Å². The molecule has 0 radical (unpaired) electrons. The molecule has 3 unspecified atom stereocenters. The van der Waals surface area contributed by atoms with E-state index in [4.69, 9.17) is 0 Å². The van der Waals surface area contributed by atoms with Gasteiger partial charge < -0.3 is 10.2 Å². The Bertz CT molecular complexity index is 1200. The van der Waals surface area contributed by atoms with Crippen molar-refractivity contribution in [1.29, 1.82) is 0 Å². The molecule has 2 amide bonds. The molecular formula is C29H30N2O2S. The Hall–Kier alpha value is -2.92. The van der Waals surface area contributed by atoms with Crippen LogP contribution in [0.3, 0.4) is 0 Å². The third kappa shape index (κ3) is 3.67. The minimum absolute atomic E-state index is 0.0196. The highest BCUT2D eigenvalue weighted by Crippen LogP contribution is 2.47. The van der Waals surface area contributed by atoms with Gasteiger partial charge in [0.05, 0.1) is 18.0 Å². The summed E-state index contributed by atoms with van der Waals surface area (Å²) in [6.45, 7) is 0. The zero-order valence-corrected chi connectivity index (χ0v) is 20.1. The maximum Gasteiger partial charge on any atom is 0.254 e. The lowest BCUT2D eigenvalue weighted by Crippen LogP contribution is -2.51. The molecule has 1 N–H and O–H groups in total. The normalized spacial score (nSPS) is 24.5. The Balaban J connectivity index is 1.43. The van der Waals surface area contributed by atoms with E-state index in [0.29, 0.717) is 5.56 Å². The molecule has 4 nitrogen and oxygen atoms in total. The predicted molar refractivity (Wildman–Crippen MR) is 135 cm³/mol. The first-order valence-corrected chi connectivity index (χ1v) is 13.4. The first kappa shape index (κ1) is 21.6. The Morgan fingerprint density at radius 3 is 2.44 bits per heavy atom. The number of carbonyl (C=O) groups is 2. The van der Waals surface area contributed by atoms with Crippen molar-refractivity contribution in [3.05, 3.63) is 93.2 Å². The summed E-state index contributed by atoms with van der Waals surface area (Å²) in [5, 5.41) is 5.49. The fraction of sp³-hybridized carbons (Fsp3) is 0.379. The monoisotopic (exact) mass is 470 g/mol. The van der Waals surface area contributed by atoms with Crippen molar-refractivity contribution in [2.75, 3.05) is 0 Å². The molecule has 34 heavy (non-hydrogen) atoms. The second-order valence-corrected chi connectivity index (χ2v) is 10.8. The van der Waals surface area contributed by atoms with Gasteiger partial charge in [-0.2, -0.15) is 0 Å². The molecule has 3 aromatic rings. The molecular weight excluding hydrogens is 440 g/mol. The van der Waals surface area contributed by atoms with E-state index in [2.05, 4.69) is 45.9 Å². The molecule has 6 rings (SSSR count). The number of amides is 2. The molecule has 2 aliphatic carbocycles. The number of hydrogen-bond acceptors (Lipinski definition) is 3. The first-order chi connectivity index (χ1) is 16.7. The Labute approximate surface area is 205 Å². The summed E-state index contributed by atoms with van der Waals surface area (Å²) in [5.74, 6) is -0.307. The topological polar surface area (TPSA) is 49.4 Å². The quantitative estimate of drug-likeness (QED) is 0.496. The predicted octanol–water partition coefficient (Wildman–Crippen LogP) is 6.17. The summed E-state index contributed by atoms with van der Waals surface area (Å²) in [5.41, 5.74) is 4.12. The number of benzene rings is 2. The molecule has 2 heterocycles. The number of hydrogen-bond donors (Lipinski definition) is 1. The number of aryl methyl sites for hydroxylation is 1. The number of thiophene rings is 1. The van der Waals surface area contributed by atoms with Crippen molar-refractivity contribution in [2.45, 2.75) is 69.0 Å². The average molecular weight is 471 g/mol. The van der Waals surface area contributed by atoms with Gasteiger partial charge in [0.1, 0.15) is 0 Å². The van der Waals surface area contributed by atoms with Gasteiger partial charge >= 0.3 is 0 Å². The molecule has 3 aliphatic rings. The van der Waals surface area contributed by atoms with Gasteiger partial charge in [0, 0.05) is 16.5 Å². The van der Waals surface area contributed by atoms with Crippen LogP contribution in [-0.2, 0) is 11.2 Å². The van der Waals surface area contributed by atoms with Crippen LogP contribution in [0.25, 0.3) is 0 Å².